The van der Waals surface area contributed by atoms with E-state index >= 15 is 0 Å². The number of hydrogen-bond acceptors (Lipinski definition) is 4. The number of nitrogens with zero attached hydrogens (tertiary/aromatic N) is 4. The Hall–Kier alpha value is -2.33. The van der Waals surface area contributed by atoms with Crippen molar-refractivity contribution < 1.29 is 4.39 Å². The summed E-state index contributed by atoms with van der Waals surface area (Å²) < 4.78 is 15.1. The molecule has 0 atom stereocenters. The maximum atomic E-state index is 13.3. The van der Waals surface area contributed by atoms with Gasteiger partial charge in [-0.05, 0) is 18.4 Å². The van der Waals surface area contributed by atoms with E-state index in [9.17, 15) is 4.39 Å². The second-order valence-corrected chi connectivity index (χ2v) is 4.26. The number of imidazole rings is 1. The molecule has 2 aromatic rings. The van der Waals surface area contributed by atoms with Crippen LogP contribution in [0.2, 0.25) is 0 Å². The second kappa shape index (κ2) is 6.02. The van der Waals surface area contributed by atoms with E-state index in [4.69, 9.17) is 5.26 Å². The van der Waals surface area contributed by atoms with Gasteiger partial charge in [0.1, 0.15) is 5.82 Å². The van der Waals surface area contributed by atoms with E-state index in [-0.39, 0.29) is 5.82 Å². The molecule has 0 fully saturated rings. The van der Waals surface area contributed by atoms with Crippen molar-refractivity contribution in [3.8, 4) is 11.9 Å². The fraction of sp³-hybridized carbons (Fsp3) is 0.0833. The lowest BCUT2D eigenvalue weighted by atomic mass is 10.2. The first-order valence-corrected chi connectivity index (χ1v) is 6.52. The fourth-order valence-electron chi connectivity index (χ4n) is 1.49. The zero-order valence-corrected chi connectivity index (χ0v) is 10.9. The second-order valence-electron chi connectivity index (χ2n) is 3.46. The number of rotatable bonds is 2. The van der Waals surface area contributed by atoms with Crippen molar-refractivity contribution in [2.75, 3.05) is 6.26 Å². The van der Waals surface area contributed by atoms with Gasteiger partial charge in [0.15, 0.2) is 11.4 Å². The number of amidine groups is 1. The molecule has 0 radical (unpaired) electrons. The Balaban J connectivity index is 2.50. The van der Waals surface area contributed by atoms with Gasteiger partial charge in [-0.15, -0.1) is 0 Å². The SMILES string of the molecule is CSC(=Nc1cc(F)ccc1-n1ccnc1)NC#N. The molecule has 1 heterocycles. The van der Waals surface area contributed by atoms with E-state index in [1.54, 1.807) is 41.8 Å². The minimum atomic E-state index is -0.389. The van der Waals surface area contributed by atoms with Crippen molar-refractivity contribution in [2.45, 2.75) is 0 Å². The molecule has 96 valence electrons. The van der Waals surface area contributed by atoms with E-state index in [2.05, 4.69) is 15.3 Å². The molecule has 0 unspecified atom stereocenters. The van der Waals surface area contributed by atoms with Crippen molar-refractivity contribution in [1.29, 1.82) is 5.26 Å². The van der Waals surface area contributed by atoms with Crippen LogP contribution in [0.3, 0.4) is 0 Å². The van der Waals surface area contributed by atoms with E-state index in [1.165, 1.54) is 23.9 Å². The Morgan fingerprint density at radius 3 is 3.05 bits per heavy atom. The molecule has 0 aliphatic carbocycles. The molecule has 0 bridgehead atoms. The number of nitriles is 1. The van der Waals surface area contributed by atoms with E-state index in [1.807, 2.05) is 0 Å². The molecule has 0 saturated carbocycles. The van der Waals surface area contributed by atoms with Crippen LogP contribution in [-0.4, -0.2) is 21.0 Å². The van der Waals surface area contributed by atoms with E-state index in [0.717, 1.165) is 0 Å². The molecule has 0 amide bonds. The van der Waals surface area contributed by atoms with Crippen LogP contribution in [0.25, 0.3) is 5.69 Å². The van der Waals surface area contributed by atoms with Crippen LogP contribution in [0.4, 0.5) is 10.1 Å². The third-order valence-corrected chi connectivity index (χ3v) is 2.88. The lowest BCUT2D eigenvalue weighted by molar-refractivity contribution is 0.628. The van der Waals surface area contributed by atoms with Gasteiger partial charge in [-0.3, -0.25) is 5.32 Å². The van der Waals surface area contributed by atoms with Gasteiger partial charge >= 0.3 is 0 Å². The average molecular weight is 275 g/mol. The highest BCUT2D eigenvalue weighted by molar-refractivity contribution is 8.13. The lowest BCUT2D eigenvalue weighted by Crippen LogP contribution is -2.12. The monoisotopic (exact) mass is 275 g/mol. The molecule has 0 saturated heterocycles. The van der Waals surface area contributed by atoms with Crippen LogP contribution in [0.15, 0.2) is 41.9 Å². The van der Waals surface area contributed by atoms with Crippen LogP contribution in [0.5, 0.6) is 0 Å². The van der Waals surface area contributed by atoms with Crippen LogP contribution >= 0.6 is 11.8 Å². The molecular formula is C12H10FN5S. The molecule has 7 heteroatoms. The largest absolute Gasteiger partial charge is 0.304 e. The summed E-state index contributed by atoms with van der Waals surface area (Å²) in [7, 11) is 0. The molecule has 5 nitrogen and oxygen atoms in total. The summed E-state index contributed by atoms with van der Waals surface area (Å²) in [6, 6.07) is 4.27. The number of hydrogen-bond donors (Lipinski definition) is 1. The highest BCUT2D eigenvalue weighted by Crippen LogP contribution is 2.25. The molecule has 0 aliphatic rings. The third-order valence-electron chi connectivity index (χ3n) is 2.30. The van der Waals surface area contributed by atoms with E-state index < -0.39 is 0 Å². The number of benzene rings is 1. The summed E-state index contributed by atoms with van der Waals surface area (Å²) in [4.78, 5) is 8.19. The van der Waals surface area contributed by atoms with Gasteiger partial charge in [0.25, 0.3) is 0 Å². The molecule has 2 rings (SSSR count). The molecular weight excluding hydrogens is 265 g/mol. The number of halogens is 1. The summed E-state index contributed by atoms with van der Waals surface area (Å²) in [5.74, 6) is -0.389. The number of thioether (sulfide) groups is 1. The third kappa shape index (κ3) is 3.11. The Kier molecular flexibility index (Phi) is 4.15. The standard InChI is InChI=1S/C12H10FN5S/c1-19-12(16-7-14)17-10-6-9(13)2-3-11(10)18-5-4-15-8-18/h2-6,8H,1H3,(H,16,17). The van der Waals surface area contributed by atoms with Crippen LogP contribution in [-0.2, 0) is 0 Å². The molecule has 0 spiro atoms. The molecule has 1 aromatic heterocycles. The van der Waals surface area contributed by atoms with Crippen molar-refractivity contribution in [3.05, 3.63) is 42.7 Å². The predicted octanol–water partition coefficient (Wildman–Crippen LogP) is 2.43. The number of nitrogens with one attached hydrogen (secondary N) is 1. The Bertz CT molecular complexity index is 630. The summed E-state index contributed by atoms with van der Waals surface area (Å²) in [5.41, 5.74) is 1.11. The van der Waals surface area contributed by atoms with Gasteiger partial charge in [-0.2, -0.15) is 5.26 Å². The van der Waals surface area contributed by atoms with E-state index in [0.29, 0.717) is 16.5 Å². The molecule has 0 aliphatic heterocycles. The van der Waals surface area contributed by atoms with Crippen LogP contribution in [0, 0.1) is 17.3 Å². The summed E-state index contributed by atoms with van der Waals surface area (Å²) in [5, 5.41) is 11.5. The van der Waals surface area contributed by atoms with Crippen molar-refractivity contribution in [2.24, 2.45) is 4.99 Å². The van der Waals surface area contributed by atoms with Gasteiger partial charge in [0.05, 0.1) is 17.7 Å². The molecule has 19 heavy (non-hydrogen) atoms. The minimum Gasteiger partial charge on any atom is -0.304 e. The Morgan fingerprint density at radius 1 is 1.58 bits per heavy atom. The normalized spacial score (nSPS) is 11.1. The number of aromatic nitrogens is 2. The zero-order chi connectivity index (χ0) is 13.7. The highest BCUT2D eigenvalue weighted by Gasteiger charge is 2.07. The van der Waals surface area contributed by atoms with Gasteiger partial charge in [-0.1, -0.05) is 11.8 Å². The number of aliphatic imine (C=N–C) groups is 1. The fourth-order valence-corrected chi connectivity index (χ4v) is 1.83. The summed E-state index contributed by atoms with van der Waals surface area (Å²) in [6.07, 6.45) is 8.53. The predicted molar refractivity (Wildman–Crippen MR) is 72.9 cm³/mol. The minimum absolute atomic E-state index is 0.389. The summed E-state index contributed by atoms with van der Waals surface area (Å²) in [6.45, 7) is 0. The molecule has 1 N–H and O–H groups in total. The van der Waals surface area contributed by atoms with Gasteiger partial charge in [0.2, 0.25) is 0 Å². The molecule has 1 aromatic carbocycles. The van der Waals surface area contributed by atoms with Gasteiger partial charge < -0.3 is 4.57 Å². The Morgan fingerprint density at radius 2 is 2.42 bits per heavy atom. The maximum absolute atomic E-state index is 13.3. The van der Waals surface area contributed by atoms with Gasteiger partial charge in [0, 0.05) is 18.5 Å². The van der Waals surface area contributed by atoms with Gasteiger partial charge in [-0.25, -0.2) is 14.4 Å². The first kappa shape index (κ1) is 13.1. The van der Waals surface area contributed by atoms with Crippen LogP contribution < -0.4 is 5.32 Å². The first-order chi connectivity index (χ1) is 9.24. The lowest BCUT2D eigenvalue weighted by Gasteiger charge is -2.07. The average Bonchev–Trinajstić information content (AvgIpc) is 2.92. The quantitative estimate of drug-likeness (QED) is 0.395. The highest BCUT2D eigenvalue weighted by atomic mass is 32.2. The topological polar surface area (TPSA) is 66.0 Å². The summed E-state index contributed by atoms with van der Waals surface area (Å²) >= 11 is 1.27. The van der Waals surface area contributed by atoms with Crippen molar-refractivity contribution in [1.82, 2.24) is 14.9 Å². The maximum Gasteiger partial charge on any atom is 0.183 e. The smallest absolute Gasteiger partial charge is 0.183 e. The van der Waals surface area contributed by atoms with Crippen molar-refractivity contribution in [3.63, 3.8) is 0 Å². The zero-order valence-electron chi connectivity index (χ0n) is 10.0. The van der Waals surface area contributed by atoms with Crippen LogP contribution in [0.1, 0.15) is 0 Å². The first-order valence-electron chi connectivity index (χ1n) is 5.30. The van der Waals surface area contributed by atoms with Crippen molar-refractivity contribution >= 4 is 22.6 Å². The Labute approximate surface area is 113 Å².